The Kier molecular flexibility index (Phi) is 7.59. The van der Waals surface area contributed by atoms with Gasteiger partial charge in [-0.05, 0) is 41.8 Å². The van der Waals surface area contributed by atoms with Crippen LogP contribution in [0.15, 0.2) is 84.9 Å². The zero-order chi connectivity index (χ0) is 28.3. The fraction of sp³-hybridized carbons (Fsp3) is 0.273. The third kappa shape index (κ3) is 5.24. The maximum Gasteiger partial charge on any atom is 0.164 e. The van der Waals surface area contributed by atoms with Crippen LogP contribution in [0.3, 0.4) is 0 Å². The largest absolute Gasteiger partial charge is 0.504 e. The molecular formula is C33H36N4O4. The summed E-state index contributed by atoms with van der Waals surface area (Å²) in [5, 5.41) is 29.3. The van der Waals surface area contributed by atoms with E-state index in [1.54, 1.807) is 26.4 Å². The molecule has 4 aromatic rings. The highest BCUT2D eigenvalue weighted by Crippen LogP contribution is 2.42. The lowest BCUT2D eigenvalue weighted by Crippen LogP contribution is -2.41. The first-order valence-electron chi connectivity index (χ1n) is 14.0. The molecule has 2 aliphatic rings. The first-order valence-corrected chi connectivity index (χ1v) is 14.0. The van der Waals surface area contributed by atoms with E-state index in [0.29, 0.717) is 11.5 Å². The van der Waals surface area contributed by atoms with Gasteiger partial charge in [-0.15, -0.1) is 0 Å². The molecule has 0 bridgehead atoms. The number of phenolic OH excluding ortho intramolecular Hbond substituents is 2. The number of nitrogens with one attached hydrogen (secondary N) is 2. The molecule has 2 unspecified atom stereocenters. The van der Waals surface area contributed by atoms with Crippen LogP contribution in [-0.4, -0.2) is 47.3 Å². The Morgan fingerprint density at radius 3 is 1.51 bits per heavy atom. The van der Waals surface area contributed by atoms with Crippen LogP contribution in [0.25, 0.3) is 0 Å². The number of benzene rings is 4. The van der Waals surface area contributed by atoms with Crippen molar-refractivity contribution in [2.24, 2.45) is 0 Å². The number of rotatable bonds is 8. The third-order valence-electron chi connectivity index (χ3n) is 8.08. The summed E-state index contributed by atoms with van der Waals surface area (Å²) >= 11 is 0. The van der Waals surface area contributed by atoms with E-state index in [1.807, 2.05) is 36.4 Å². The molecule has 8 heteroatoms. The van der Waals surface area contributed by atoms with Gasteiger partial charge < -0.3 is 30.3 Å². The number of aromatic hydroxyl groups is 2. The molecule has 41 heavy (non-hydrogen) atoms. The highest BCUT2D eigenvalue weighted by atomic mass is 16.5. The van der Waals surface area contributed by atoms with Crippen molar-refractivity contribution in [2.45, 2.75) is 31.8 Å². The fourth-order valence-corrected chi connectivity index (χ4v) is 5.99. The van der Waals surface area contributed by atoms with E-state index in [0.717, 1.165) is 55.1 Å². The standard InChI is InChI=1S/C33H36N4O4/c1-40-28-16-7-12-24(30(28)38)32-34-26-14-5-3-10-22(26)20-36(32)18-9-19-37-21-23-11-4-6-15-27(23)35-33(37)25-13-8-17-29(41-2)31(25)39/h3-8,10-17,32-35,38-39H,9,18-21H2,1-2H3. The molecule has 0 saturated carbocycles. The number of hydrogen-bond acceptors (Lipinski definition) is 8. The zero-order valence-electron chi connectivity index (χ0n) is 23.4. The Labute approximate surface area is 240 Å². The van der Waals surface area contributed by atoms with Gasteiger partial charge in [0.05, 0.1) is 14.2 Å². The van der Waals surface area contributed by atoms with E-state index in [1.165, 1.54) is 11.1 Å². The number of phenols is 2. The SMILES string of the molecule is COc1cccc(C2Nc3ccccc3CN2CCCN2Cc3ccccc3NC2c2cccc(OC)c2O)c1O. The van der Waals surface area contributed by atoms with Crippen molar-refractivity contribution in [3.63, 3.8) is 0 Å². The van der Waals surface area contributed by atoms with Gasteiger partial charge >= 0.3 is 0 Å². The van der Waals surface area contributed by atoms with Crippen LogP contribution in [-0.2, 0) is 13.1 Å². The third-order valence-corrected chi connectivity index (χ3v) is 8.08. The summed E-state index contributed by atoms with van der Waals surface area (Å²) in [5.41, 5.74) is 6.15. The summed E-state index contributed by atoms with van der Waals surface area (Å²) in [6, 6.07) is 27.9. The van der Waals surface area contributed by atoms with Crippen LogP contribution >= 0.6 is 0 Å². The summed E-state index contributed by atoms with van der Waals surface area (Å²) in [5.74, 6) is 1.23. The van der Waals surface area contributed by atoms with Crippen LogP contribution in [0.2, 0.25) is 0 Å². The number of nitrogens with zero attached hydrogens (tertiary/aromatic N) is 2. The van der Waals surface area contributed by atoms with Gasteiger partial charge in [-0.1, -0.05) is 60.7 Å². The minimum Gasteiger partial charge on any atom is -0.504 e. The zero-order valence-corrected chi connectivity index (χ0v) is 23.4. The molecule has 0 amide bonds. The highest BCUT2D eigenvalue weighted by molar-refractivity contribution is 5.58. The second kappa shape index (κ2) is 11.6. The van der Waals surface area contributed by atoms with E-state index in [9.17, 15) is 10.2 Å². The van der Waals surface area contributed by atoms with Gasteiger partial charge in [0, 0.05) is 48.7 Å². The van der Waals surface area contributed by atoms with Crippen molar-refractivity contribution in [3.05, 3.63) is 107 Å². The lowest BCUT2D eigenvalue weighted by atomic mass is 10.0. The monoisotopic (exact) mass is 552 g/mol. The highest BCUT2D eigenvalue weighted by Gasteiger charge is 2.32. The quantitative estimate of drug-likeness (QED) is 0.210. The molecule has 2 atom stereocenters. The summed E-state index contributed by atoms with van der Waals surface area (Å²) in [7, 11) is 3.14. The maximum atomic E-state index is 11.0. The van der Waals surface area contributed by atoms with Crippen molar-refractivity contribution in [2.75, 3.05) is 37.9 Å². The number of methoxy groups -OCH3 is 2. The Hall–Kier alpha value is -4.40. The van der Waals surface area contributed by atoms with Crippen molar-refractivity contribution in [1.29, 1.82) is 0 Å². The predicted octanol–water partition coefficient (Wildman–Crippen LogP) is 6.06. The van der Waals surface area contributed by atoms with Crippen molar-refractivity contribution in [1.82, 2.24) is 9.80 Å². The lowest BCUT2D eigenvalue weighted by molar-refractivity contribution is 0.153. The fourth-order valence-electron chi connectivity index (χ4n) is 5.99. The van der Waals surface area contributed by atoms with E-state index < -0.39 is 0 Å². The number of hydrogen-bond donors (Lipinski definition) is 4. The summed E-state index contributed by atoms with van der Waals surface area (Å²) < 4.78 is 10.8. The molecule has 2 aliphatic heterocycles. The minimum atomic E-state index is -0.210. The molecule has 8 nitrogen and oxygen atoms in total. The molecule has 4 N–H and O–H groups in total. The molecule has 0 aromatic heterocycles. The van der Waals surface area contributed by atoms with Gasteiger partial charge in [0.15, 0.2) is 23.0 Å². The van der Waals surface area contributed by atoms with Crippen molar-refractivity contribution in [3.8, 4) is 23.0 Å². The van der Waals surface area contributed by atoms with Gasteiger partial charge in [-0.3, -0.25) is 9.80 Å². The van der Waals surface area contributed by atoms with Crippen LogP contribution < -0.4 is 20.1 Å². The molecule has 6 rings (SSSR count). The summed E-state index contributed by atoms with van der Waals surface area (Å²) in [6.45, 7) is 3.09. The molecule has 0 saturated heterocycles. The van der Waals surface area contributed by atoms with E-state index in [-0.39, 0.29) is 23.8 Å². The smallest absolute Gasteiger partial charge is 0.164 e. The number of ether oxygens (including phenoxy) is 2. The Morgan fingerprint density at radius 1 is 0.634 bits per heavy atom. The van der Waals surface area contributed by atoms with Crippen LogP contribution in [0, 0.1) is 0 Å². The van der Waals surface area contributed by atoms with Crippen molar-refractivity contribution >= 4 is 11.4 Å². The molecule has 2 heterocycles. The average Bonchev–Trinajstić information content (AvgIpc) is 3.01. The number of para-hydroxylation sites is 4. The van der Waals surface area contributed by atoms with Crippen molar-refractivity contribution < 1.29 is 19.7 Å². The predicted molar refractivity (Wildman–Crippen MR) is 160 cm³/mol. The van der Waals surface area contributed by atoms with Gasteiger partial charge in [0.2, 0.25) is 0 Å². The molecular weight excluding hydrogens is 516 g/mol. The first-order chi connectivity index (χ1) is 20.1. The Balaban J connectivity index is 1.25. The topological polar surface area (TPSA) is 89.5 Å². The van der Waals surface area contributed by atoms with E-state index in [4.69, 9.17) is 9.47 Å². The van der Waals surface area contributed by atoms with E-state index in [2.05, 4.69) is 56.8 Å². The Bertz CT molecular complexity index is 1410. The first kappa shape index (κ1) is 26.8. The second-order valence-corrected chi connectivity index (χ2v) is 10.5. The molecule has 0 aliphatic carbocycles. The minimum absolute atomic E-state index is 0.155. The maximum absolute atomic E-state index is 11.0. The summed E-state index contributed by atoms with van der Waals surface area (Å²) in [6.07, 6.45) is 0.452. The number of fused-ring (bicyclic) bond motifs is 2. The molecule has 4 aromatic carbocycles. The lowest BCUT2D eigenvalue weighted by Gasteiger charge is -2.41. The molecule has 212 valence electrons. The second-order valence-electron chi connectivity index (χ2n) is 10.5. The van der Waals surface area contributed by atoms with Gasteiger partial charge in [-0.2, -0.15) is 0 Å². The Morgan fingerprint density at radius 2 is 1.07 bits per heavy atom. The van der Waals surface area contributed by atoms with E-state index >= 15 is 0 Å². The summed E-state index contributed by atoms with van der Waals surface area (Å²) in [4.78, 5) is 4.72. The van der Waals surface area contributed by atoms with Gasteiger partial charge in [-0.25, -0.2) is 0 Å². The normalized spacial score (nSPS) is 18.5. The molecule has 0 spiro atoms. The number of anilines is 2. The van der Waals surface area contributed by atoms with Crippen LogP contribution in [0.4, 0.5) is 11.4 Å². The van der Waals surface area contributed by atoms with Crippen LogP contribution in [0.1, 0.15) is 41.0 Å². The average molecular weight is 553 g/mol. The van der Waals surface area contributed by atoms with Gasteiger partial charge in [0.1, 0.15) is 12.3 Å². The molecule has 0 radical (unpaired) electrons. The van der Waals surface area contributed by atoms with Gasteiger partial charge in [0.25, 0.3) is 0 Å². The molecule has 0 fully saturated rings. The van der Waals surface area contributed by atoms with Crippen LogP contribution in [0.5, 0.6) is 23.0 Å².